The fraction of sp³-hybridized carbons (Fsp3) is 0.250. The lowest BCUT2D eigenvalue weighted by atomic mass is 10.0. The van der Waals surface area contributed by atoms with Crippen molar-refractivity contribution in [2.75, 3.05) is 6.54 Å². The number of hydrogen-bond donors (Lipinski definition) is 1. The second-order valence-electron chi connectivity index (χ2n) is 3.79. The zero-order valence-corrected chi connectivity index (χ0v) is 8.43. The molecule has 2 aromatic rings. The first-order valence-corrected chi connectivity index (χ1v) is 5.23. The Bertz CT molecular complexity index is 447. The number of fused-ring (bicyclic) bond motifs is 1. The van der Waals surface area contributed by atoms with Crippen molar-refractivity contribution in [3.8, 4) is 0 Å². The molecule has 0 bridgehead atoms. The Hall–Kier alpha value is -1.61. The van der Waals surface area contributed by atoms with Crippen LogP contribution in [-0.2, 0) is 6.54 Å². The molecule has 0 fully saturated rings. The summed E-state index contributed by atoms with van der Waals surface area (Å²) in [6.07, 6.45) is 5.84. The van der Waals surface area contributed by atoms with Gasteiger partial charge in [0.15, 0.2) is 0 Å². The lowest BCUT2D eigenvalue weighted by molar-refractivity contribution is 0.467. The maximum Gasteiger partial charge on any atom is 0.0732 e. The van der Waals surface area contributed by atoms with Crippen LogP contribution in [0.2, 0.25) is 0 Å². The molecule has 1 aliphatic rings. The van der Waals surface area contributed by atoms with E-state index in [1.165, 1.54) is 11.3 Å². The molecule has 3 rings (SSSR count). The van der Waals surface area contributed by atoms with Crippen LogP contribution in [0.4, 0.5) is 0 Å². The molecule has 0 aromatic carbocycles. The number of nitrogens with one attached hydrogen (secondary N) is 1. The molecule has 15 heavy (non-hydrogen) atoms. The summed E-state index contributed by atoms with van der Waals surface area (Å²) in [5.41, 5.74) is 2.62. The van der Waals surface area contributed by atoms with Crippen molar-refractivity contribution in [2.24, 2.45) is 0 Å². The van der Waals surface area contributed by atoms with E-state index < -0.39 is 0 Å². The Balaban J connectivity index is 2.03. The number of aromatic nitrogens is 2. The van der Waals surface area contributed by atoms with Crippen LogP contribution in [0.3, 0.4) is 0 Å². The topological polar surface area (TPSA) is 29.9 Å². The molecular weight excluding hydrogens is 186 g/mol. The molecule has 1 atom stereocenters. The van der Waals surface area contributed by atoms with Gasteiger partial charge in [0, 0.05) is 37.4 Å². The number of rotatable bonds is 1. The molecule has 1 unspecified atom stereocenters. The third-order valence-electron chi connectivity index (χ3n) is 2.90. The molecule has 0 amide bonds. The zero-order valence-electron chi connectivity index (χ0n) is 8.43. The summed E-state index contributed by atoms with van der Waals surface area (Å²) in [4.78, 5) is 4.05. The summed E-state index contributed by atoms with van der Waals surface area (Å²) in [6, 6.07) is 8.74. The highest BCUT2D eigenvalue weighted by atomic mass is 15.1. The normalized spacial score (nSPS) is 19.9. The fourth-order valence-electron chi connectivity index (χ4n) is 2.17. The summed E-state index contributed by atoms with van der Waals surface area (Å²) in [5.74, 6) is 0. The predicted molar refractivity (Wildman–Crippen MR) is 58.5 cm³/mol. The summed E-state index contributed by atoms with van der Waals surface area (Å²) in [6.45, 7) is 2.08. The lowest BCUT2D eigenvalue weighted by Gasteiger charge is -2.26. The van der Waals surface area contributed by atoms with Crippen molar-refractivity contribution in [2.45, 2.75) is 12.6 Å². The number of hydrogen-bond acceptors (Lipinski definition) is 2. The van der Waals surface area contributed by atoms with Crippen LogP contribution in [0.5, 0.6) is 0 Å². The van der Waals surface area contributed by atoms with Gasteiger partial charge in [-0.15, -0.1) is 0 Å². The fourth-order valence-corrected chi connectivity index (χ4v) is 2.17. The van der Waals surface area contributed by atoms with Gasteiger partial charge in [-0.05, 0) is 29.8 Å². The standard InChI is InChI=1S/C12H13N3/c1-2-11-12(10-3-5-13-6-4-10)14-7-9-15(11)8-1/h1-6,8,12,14H,7,9H2. The van der Waals surface area contributed by atoms with E-state index in [1.807, 2.05) is 12.4 Å². The van der Waals surface area contributed by atoms with Gasteiger partial charge in [0.05, 0.1) is 6.04 Å². The van der Waals surface area contributed by atoms with Crippen LogP contribution < -0.4 is 5.32 Å². The Morgan fingerprint density at radius 3 is 3.00 bits per heavy atom. The lowest BCUT2D eigenvalue weighted by Crippen LogP contribution is -2.33. The van der Waals surface area contributed by atoms with Gasteiger partial charge >= 0.3 is 0 Å². The molecule has 0 spiro atoms. The van der Waals surface area contributed by atoms with E-state index in [0.29, 0.717) is 6.04 Å². The molecule has 1 aliphatic heterocycles. The average Bonchev–Trinajstić information content (AvgIpc) is 2.78. The molecule has 0 saturated carbocycles. The van der Waals surface area contributed by atoms with Gasteiger partial charge in [-0.2, -0.15) is 0 Å². The second-order valence-corrected chi connectivity index (χ2v) is 3.79. The first kappa shape index (κ1) is 8.68. The monoisotopic (exact) mass is 199 g/mol. The van der Waals surface area contributed by atoms with E-state index in [1.54, 1.807) is 0 Å². The number of pyridine rings is 1. The Morgan fingerprint density at radius 2 is 2.13 bits per heavy atom. The highest BCUT2D eigenvalue weighted by Gasteiger charge is 2.20. The minimum absolute atomic E-state index is 0.316. The predicted octanol–water partition coefficient (Wildman–Crippen LogP) is 1.58. The highest BCUT2D eigenvalue weighted by Crippen LogP contribution is 2.24. The second kappa shape index (κ2) is 3.51. The van der Waals surface area contributed by atoms with Crippen molar-refractivity contribution >= 4 is 0 Å². The van der Waals surface area contributed by atoms with E-state index >= 15 is 0 Å². The maximum absolute atomic E-state index is 4.05. The minimum Gasteiger partial charge on any atom is -0.348 e. The molecule has 0 saturated heterocycles. The maximum atomic E-state index is 4.05. The van der Waals surface area contributed by atoms with E-state index in [9.17, 15) is 0 Å². The smallest absolute Gasteiger partial charge is 0.0732 e. The van der Waals surface area contributed by atoms with E-state index in [2.05, 4.69) is 45.3 Å². The molecule has 0 aliphatic carbocycles. The first-order chi connectivity index (χ1) is 7.45. The Labute approximate surface area is 88.8 Å². The number of nitrogens with zero attached hydrogens (tertiary/aromatic N) is 2. The molecule has 3 heterocycles. The van der Waals surface area contributed by atoms with Crippen LogP contribution in [-0.4, -0.2) is 16.1 Å². The van der Waals surface area contributed by atoms with E-state index in [4.69, 9.17) is 0 Å². The van der Waals surface area contributed by atoms with Crippen LogP contribution in [0.25, 0.3) is 0 Å². The van der Waals surface area contributed by atoms with E-state index in [-0.39, 0.29) is 0 Å². The van der Waals surface area contributed by atoms with Crippen molar-refractivity contribution in [1.29, 1.82) is 0 Å². The van der Waals surface area contributed by atoms with Crippen molar-refractivity contribution in [3.63, 3.8) is 0 Å². The van der Waals surface area contributed by atoms with Crippen LogP contribution >= 0.6 is 0 Å². The third-order valence-corrected chi connectivity index (χ3v) is 2.90. The summed E-state index contributed by atoms with van der Waals surface area (Å²) in [7, 11) is 0. The third kappa shape index (κ3) is 1.45. The van der Waals surface area contributed by atoms with Gasteiger partial charge in [-0.25, -0.2) is 0 Å². The summed E-state index contributed by atoms with van der Waals surface area (Å²) in [5, 5.41) is 3.53. The molecule has 3 nitrogen and oxygen atoms in total. The van der Waals surface area contributed by atoms with Gasteiger partial charge < -0.3 is 9.88 Å². The molecule has 2 aromatic heterocycles. The van der Waals surface area contributed by atoms with Crippen LogP contribution in [0, 0.1) is 0 Å². The quantitative estimate of drug-likeness (QED) is 0.755. The largest absolute Gasteiger partial charge is 0.348 e. The molecule has 0 radical (unpaired) electrons. The van der Waals surface area contributed by atoms with Gasteiger partial charge in [-0.3, -0.25) is 4.98 Å². The average molecular weight is 199 g/mol. The molecule has 3 heteroatoms. The van der Waals surface area contributed by atoms with Crippen molar-refractivity contribution in [1.82, 2.24) is 14.9 Å². The zero-order chi connectivity index (χ0) is 10.1. The Kier molecular flexibility index (Phi) is 2.03. The SMILES string of the molecule is c1cc2n(c1)CCNC2c1ccncc1. The molecular formula is C12H13N3. The van der Waals surface area contributed by atoms with Gasteiger partial charge in [0.25, 0.3) is 0 Å². The van der Waals surface area contributed by atoms with Crippen LogP contribution in [0.15, 0.2) is 42.9 Å². The highest BCUT2D eigenvalue weighted by molar-refractivity contribution is 5.28. The van der Waals surface area contributed by atoms with Gasteiger partial charge in [0.2, 0.25) is 0 Å². The van der Waals surface area contributed by atoms with Crippen molar-refractivity contribution < 1.29 is 0 Å². The first-order valence-electron chi connectivity index (χ1n) is 5.23. The van der Waals surface area contributed by atoms with Gasteiger partial charge in [-0.1, -0.05) is 0 Å². The van der Waals surface area contributed by atoms with Gasteiger partial charge in [0.1, 0.15) is 0 Å². The van der Waals surface area contributed by atoms with E-state index in [0.717, 1.165) is 13.1 Å². The molecule has 1 N–H and O–H groups in total. The minimum atomic E-state index is 0.316. The van der Waals surface area contributed by atoms with Crippen LogP contribution in [0.1, 0.15) is 17.3 Å². The van der Waals surface area contributed by atoms with Crippen molar-refractivity contribution in [3.05, 3.63) is 54.1 Å². The summed E-state index contributed by atoms with van der Waals surface area (Å²) >= 11 is 0. The summed E-state index contributed by atoms with van der Waals surface area (Å²) < 4.78 is 2.31. The Morgan fingerprint density at radius 1 is 1.27 bits per heavy atom. The molecule has 76 valence electrons.